The van der Waals surface area contributed by atoms with E-state index in [9.17, 15) is 8.42 Å². The molecule has 2 N–H and O–H groups in total. The van der Waals surface area contributed by atoms with E-state index in [0.29, 0.717) is 5.95 Å². The van der Waals surface area contributed by atoms with Crippen LogP contribution >= 0.6 is 0 Å². The molecule has 0 saturated heterocycles. The summed E-state index contributed by atoms with van der Waals surface area (Å²) in [6.45, 7) is 2.74. The zero-order valence-corrected chi connectivity index (χ0v) is 11.6. The first-order valence-electron chi connectivity index (χ1n) is 5.98. The van der Waals surface area contributed by atoms with Crippen molar-refractivity contribution < 1.29 is 8.42 Å². The maximum Gasteiger partial charge on any atom is 0.266 e. The van der Waals surface area contributed by atoms with E-state index in [2.05, 4.69) is 30.2 Å². The molecular formula is C11H14N6O2S. The fraction of sp³-hybridized carbons (Fsp3) is 0.273. The molecule has 0 aromatic carbocycles. The molecule has 0 spiro atoms. The summed E-state index contributed by atoms with van der Waals surface area (Å²) in [4.78, 5) is 7.86. The van der Waals surface area contributed by atoms with Crippen LogP contribution in [0.2, 0.25) is 0 Å². The molecular weight excluding hydrogens is 280 g/mol. The Bertz CT molecular complexity index is 644. The number of rotatable bonds is 6. The molecule has 0 saturated carbocycles. The Balaban J connectivity index is 2.13. The summed E-state index contributed by atoms with van der Waals surface area (Å²) in [5.74, 6) is 0.533. The van der Waals surface area contributed by atoms with Crippen molar-refractivity contribution in [1.82, 2.24) is 20.2 Å². The Morgan fingerprint density at radius 2 is 2.00 bits per heavy atom. The van der Waals surface area contributed by atoms with E-state index >= 15 is 0 Å². The molecule has 0 aliphatic heterocycles. The van der Waals surface area contributed by atoms with Gasteiger partial charge in [0.25, 0.3) is 10.0 Å². The van der Waals surface area contributed by atoms with Crippen LogP contribution in [0, 0.1) is 0 Å². The SMILES string of the molecule is CCCNc1ncc(S(=O)(=O)Nc2cccnn2)cn1. The van der Waals surface area contributed by atoms with Crippen LogP contribution in [0.4, 0.5) is 11.8 Å². The number of sulfonamides is 1. The van der Waals surface area contributed by atoms with Crippen molar-refractivity contribution >= 4 is 21.8 Å². The van der Waals surface area contributed by atoms with Gasteiger partial charge in [0.1, 0.15) is 4.90 Å². The lowest BCUT2D eigenvalue weighted by Gasteiger charge is -2.07. The highest BCUT2D eigenvalue weighted by atomic mass is 32.2. The molecule has 0 atom stereocenters. The van der Waals surface area contributed by atoms with E-state index in [-0.39, 0.29) is 10.7 Å². The number of nitrogens with one attached hydrogen (secondary N) is 2. The van der Waals surface area contributed by atoms with Crippen LogP contribution < -0.4 is 10.0 Å². The van der Waals surface area contributed by atoms with Crippen molar-refractivity contribution in [3.8, 4) is 0 Å². The van der Waals surface area contributed by atoms with Gasteiger partial charge in [0.2, 0.25) is 5.95 Å². The Kier molecular flexibility index (Phi) is 4.41. The van der Waals surface area contributed by atoms with E-state index < -0.39 is 10.0 Å². The molecule has 0 radical (unpaired) electrons. The average Bonchev–Trinajstić information content (AvgIpc) is 2.46. The van der Waals surface area contributed by atoms with Crippen LogP contribution in [-0.4, -0.2) is 35.1 Å². The molecule has 106 valence electrons. The molecule has 2 aromatic rings. The Hall–Kier alpha value is -2.29. The van der Waals surface area contributed by atoms with Gasteiger partial charge in [-0.1, -0.05) is 6.92 Å². The van der Waals surface area contributed by atoms with E-state index in [1.54, 1.807) is 6.07 Å². The molecule has 0 amide bonds. The summed E-state index contributed by atoms with van der Waals surface area (Å²) < 4.78 is 26.4. The number of anilines is 2. The van der Waals surface area contributed by atoms with E-state index in [1.165, 1.54) is 24.7 Å². The molecule has 8 nitrogen and oxygen atoms in total. The minimum Gasteiger partial charge on any atom is -0.354 e. The first-order chi connectivity index (χ1) is 9.62. The highest BCUT2D eigenvalue weighted by molar-refractivity contribution is 7.92. The quantitative estimate of drug-likeness (QED) is 0.814. The Morgan fingerprint density at radius 3 is 2.60 bits per heavy atom. The van der Waals surface area contributed by atoms with Crippen LogP contribution in [0.5, 0.6) is 0 Å². The molecule has 2 aromatic heterocycles. The zero-order chi connectivity index (χ0) is 14.4. The van der Waals surface area contributed by atoms with Crippen molar-refractivity contribution in [3.05, 3.63) is 30.7 Å². The van der Waals surface area contributed by atoms with E-state index in [4.69, 9.17) is 0 Å². The zero-order valence-electron chi connectivity index (χ0n) is 10.8. The third-order valence-corrected chi connectivity index (χ3v) is 3.59. The minimum atomic E-state index is -3.76. The molecule has 20 heavy (non-hydrogen) atoms. The largest absolute Gasteiger partial charge is 0.354 e. The van der Waals surface area contributed by atoms with Gasteiger partial charge in [-0.05, 0) is 18.6 Å². The predicted molar refractivity (Wildman–Crippen MR) is 73.7 cm³/mol. The standard InChI is InChI=1S/C11H14N6O2S/c1-2-5-12-11-13-7-9(8-14-11)20(18,19)17-10-4-3-6-15-16-10/h3-4,6-8H,2,5H2,1H3,(H,16,17)(H,12,13,14). The smallest absolute Gasteiger partial charge is 0.266 e. The molecule has 0 bridgehead atoms. The third-order valence-electron chi connectivity index (χ3n) is 2.28. The molecule has 0 aliphatic rings. The molecule has 2 rings (SSSR count). The van der Waals surface area contributed by atoms with Gasteiger partial charge in [-0.2, -0.15) is 5.10 Å². The van der Waals surface area contributed by atoms with Gasteiger partial charge in [0, 0.05) is 12.7 Å². The van der Waals surface area contributed by atoms with Crippen LogP contribution in [0.25, 0.3) is 0 Å². The summed E-state index contributed by atoms with van der Waals surface area (Å²) in [5.41, 5.74) is 0. The second kappa shape index (κ2) is 6.24. The maximum atomic E-state index is 12.0. The first kappa shape index (κ1) is 14.1. The summed E-state index contributed by atoms with van der Waals surface area (Å²) >= 11 is 0. The van der Waals surface area contributed by atoms with Crippen molar-refractivity contribution in [3.63, 3.8) is 0 Å². The summed E-state index contributed by atoms with van der Waals surface area (Å²) in [7, 11) is -3.76. The molecule has 0 fully saturated rings. The van der Waals surface area contributed by atoms with Gasteiger partial charge < -0.3 is 5.32 Å². The summed E-state index contributed by atoms with van der Waals surface area (Å²) in [5, 5.41) is 10.2. The van der Waals surface area contributed by atoms with Gasteiger partial charge in [-0.3, -0.25) is 4.72 Å². The van der Waals surface area contributed by atoms with Crippen LogP contribution in [0.1, 0.15) is 13.3 Å². The van der Waals surface area contributed by atoms with Crippen molar-refractivity contribution in [2.75, 3.05) is 16.6 Å². The fourth-order valence-corrected chi connectivity index (χ4v) is 2.22. The summed E-state index contributed by atoms with van der Waals surface area (Å²) in [6.07, 6.45) is 4.86. The number of hydrogen-bond donors (Lipinski definition) is 2. The fourth-order valence-electron chi connectivity index (χ4n) is 1.34. The minimum absolute atomic E-state index is 0.0369. The van der Waals surface area contributed by atoms with Crippen molar-refractivity contribution in [2.45, 2.75) is 18.2 Å². The normalized spacial score (nSPS) is 11.1. The maximum absolute atomic E-state index is 12.0. The Labute approximate surface area is 116 Å². The summed E-state index contributed by atoms with van der Waals surface area (Å²) in [6, 6.07) is 3.09. The third kappa shape index (κ3) is 3.60. The second-order valence-electron chi connectivity index (χ2n) is 3.88. The molecule has 0 unspecified atom stereocenters. The van der Waals surface area contributed by atoms with Gasteiger partial charge in [-0.25, -0.2) is 18.4 Å². The topological polar surface area (TPSA) is 110 Å². The van der Waals surface area contributed by atoms with Crippen LogP contribution in [0.15, 0.2) is 35.6 Å². The highest BCUT2D eigenvalue weighted by Gasteiger charge is 2.16. The lowest BCUT2D eigenvalue weighted by atomic mass is 10.5. The lowest BCUT2D eigenvalue weighted by Crippen LogP contribution is -2.15. The molecule has 2 heterocycles. The molecule has 9 heteroatoms. The van der Waals surface area contributed by atoms with E-state index in [0.717, 1.165) is 13.0 Å². The van der Waals surface area contributed by atoms with Gasteiger partial charge in [0.15, 0.2) is 5.82 Å². The monoisotopic (exact) mass is 294 g/mol. The molecule has 0 aliphatic carbocycles. The van der Waals surface area contributed by atoms with Crippen molar-refractivity contribution in [2.24, 2.45) is 0 Å². The van der Waals surface area contributed by atoms with Gasteiger partial charge in [0.05, 0.1) is 12.4 Å². The number of aromatic nitrogens is 4. The number of hydrogen-bond acceptors (Lipinski definition) is 7. The Morgan fingerprint density at radius 1 is 1.25 bits per heavy atom. The average molecular weight is 294 g/mol. The van der Waals surface area contributed by atoms with Crippen LogP contribution in [-0.2, 0) is 10.0 Å². The number of nitrogens with zero attached hydrogens (tertiary/aromatic N) is 4. The van der Waals surface area contributed by atoms with Crippen molar-refractivity contribution in [1.29, 1.82) is 0 Å². The van der Waals surface area contributed by atoms with Gasteiger partial charge >= 0.3 is 0 Å². The van der Waals surface area contributed by atoms with Crippen LogP contribution in [0.3, 0.4) is 0 Å². The first-order valence-corrected chi connectivity index (χ1v) is 7.46. The van der Waals surface area contributed by atoms with Gasteiger partial charge in [-0.15, -0.1) is 5.10 Å². The second-order valence-corrected chi connectivity index (χ2v) is 5.57. The lowest BCUT2D eigenvalue weighted by molar-refractivity contribution is 0.600. The predicted octanol–water partition coefficient (Wildman–Crippen LogP) is 0.889. The highest BCUT2D eigenvalue weighted by Crippen LogP contribution is 2.12. The van der Waals surface area contributed by atoms with E-state index in [1.807, 2.05) is 6.92 Å².